The first-order chi connectivity index (χ1) is 33.7. The van der Waals surface area contributed by atoms with Gasteiger partial charge in [0.25, 0.3) is 5.69 Å². The summed E-state index contributed by atoms with van der Waals surface area (Å²) in [6, 6.07) is 18.0. The molecular weight excluding hydrogens is 879 g/mol. The maximum atomic E-state index is 14.3. The highest BCUT2D eigenvalue weighted by Gasteiger charge is 2.65. The Morgan fingerprint density at radius 3 is 2.29 bits per heavy atom. The van der Waals surface area contributed by atoms with Gasteiger partial charge in [-0.2, -0.15) is 0 Å². The number of carbonyl (C=O) groups is 2. The number of aliphatic hydroxyl groups excluding tert-OH is 2. The van der Waals surface area contributed by atoms with Gasteiger partial charge in [0.15, 0.2) is 0 Å². The molecule has 1 fully saturated rings. The zero-order chi connectivity index (χ0) is 49.0. The van der Waals surface area contributed by atoms with E-state index >= 15 is 0 Å². The van der Waals surface area contributed by atoms with Crippen LogP contribution in [0.3, 0.4) is 0 Å². The van der Waals surface area contributed by atoms with Crippen LogP contribution >= 0.6 is 0 Å². The molecule has 1 heterocycles. The highest BCUT2D eigenvalue weighted by atomic mass is 16.7. The number of likely N-dealkylation sites (N-methyl/N-ethyl adjacent to an activating group) is 1. The van der Waals surface area contributed by atoms with Crippen molar-refractivity contribution in [2.45, 2.75) is 140 Å². The second kappa shape index (κ2) is 27.0. The number of nitro groups is 1. The average Bonchev–Trinajstić information content (AvgIpc) is 3.36. The highest BCUT2D eigenvalue weighted by Crippen LogP contribution is 2.62. The Bertz CT molecular complexity index is 2190. The lowest BCUT2D eigenvalue weighted by atomic mass is 9.55. The Labute approximate surface area is 407 Å². The predicted octanol–water partition coefficient (Wildman–Crippen LogP) is 12.0. The van der Waals surface area contributed by atoms with E-state index in [1.807, 2.05) is 18.2 Å². The van der Waals surface area contributed by atoms with Crippen LogP contribution in [0.5, 0.6) is 17.2 Å². The summed E-state index contributed by atoms with van der Waals surface area (Å²) < 4.78 is 26.7. The van der Waals surface area contributed by atoms with Gasteiger partial charge in [-0.1, -0.05) is 107 Å². The number of aldehydes is 1. The maximum absolute atomic E-state index is 14.3. The number of non-ortho nitro benzene ring substituents is 1. The van der Waals surface area contributed by atoms with Gasteiger partial charge >= 0.3 is 6.09 Å². The number of benzene rings is 3. The molecule has 3 aromatic carbocycles. The summed E-state index contributed by atoms with van der Waals surface area (Å²) in [5.74, 6) is -0.701. The molecule has 2 N–H and O–H groups in total. The van der Waals surface area contributed by atoms with E-state index in [2.05, 4.69) is 19.6 Å². The lowest BCUT2D eigenvalue weighted by molar-refractivity contribution is -0.384. The molecule has 3 aliphatic rings. The zero-order valence-corrected chi connectivity index (χ0v) is 40.6. The van der Waals surface area contributed by atoms with E-state index in [-0.39, 0.29) is 62.9 Å². The summed E-state index contributed by atoms with van der Waals surface area (Å²) in [6.07, 6.45) is 20.3. The maximum Gasteiger partial charge on any atom is 0.409 e. The van der Waals surface area contributed by atoms with Crippen molar-refractivity contribution in [1.29, 1.82) is 0 Å². The van der Waals surface area contributed by atoms with Gasteiger partial charge < -0.3 is 38.9 Å². The van der Waals surface area contributed by atoms with Gasteiger partial charge in [0, 0.05) is 55.9 Å². The number of oxime groups is 1. The third-order valence-electron chi connectivity index (χ3n) is 13.9. The standard InChI is InChI=1S/C55H73N3O11/c1-4-6-7-8-9-10-11-12-13-18-33-65-54(62)57(3)51-37-49(56-67-39-40-24-26-43(27-25-40)58(63)64)47-35-42(21-14-16-30-59)46(23-15-17-31-60)52-48-36-45(68-44-22-19-20-41(34-44)38-61)28-29-50(48)69-55(51,53(47)52)66-32-5-2/h5,19-20,22,24-29,34-36,38,42,46,51-53,59-60H,2,4,6-18,21,23,30-33,37,39H2,1,3H3/t42-,46+,51-,52+,53+,55+/m0/s1. The van der Waals surface area contributed by atoms with Crippen molar-refractivity contribution >= 4 is 23.8 Å². The summed E-state index contributed by atoms with van der Waals surface area (Å²) in [5.41, 5.74) is 3.49. The van der Waals surface area contributed by atoms with Gasteiger partial charge in [-0.15, -0.1) is 6.58 Å². The van der Waals surface area contributed by atoms with Crippen molar-refractivity contribution in [2.24, 2.45) is 22.9 Å². The molecule has 14 heteroatoms. The molecule has 69 heavy (non-hydrogen) atoms. The number of nitrogens with zero attached hydrogens (tertiary/aromatic N) is 3. The predicted molar refractivity (Wildman–Crippen MR) is 266 cm³/mol. The number of fused-ring (bicyclic) bond motifs is 2. The minimum atomic E-state index is -1.47. The lowest BCUT2D eigenvalue weighted by Crippen LogP contribution is -2.69. The minimum absolute atomic E-state index is 0.00331. The first kappa shape index (κ1) is 52.8. The number of aliphatic hydroxyl groups is 2. The molecule has 0 radical (unpaired) electrons. The Morgan fingerprint density at radius 1 is 0.913 bits per heavy atom. The Kier molecular flexibility index (Phi) is 20.7. The van der Waals surface area contributed by atoms with Crippen LogP contribution in [0.2, 0.25) is 0 Å². The smallest absolute Gasteiger partial charge is 0.409 e. The topological polar surface area (TPSA) is 179 Å². The number of allylic oxidation sites excluding steroid dienone is 1. The first-order valence-corrected chi connectivity index (χ1v) is 25.2. The SMILES string of the molecule is C=CCO[C@@]12Oc3ccc(Oc4cccc(C=O)c4)cc3[C@H]3[C@H](CCCCO)[C@@H](CCCCO)C=C(C(=NOCc4ccc([N+](=O)[O-])cc4)C[C@@H]1N(C)C(=O)OCCCCCCCCCCCC)[C@H]32. The molecule has 1 saturated carbocycles. The molecule has 0 spiro atoms. The van der Waals surface area contributed by atoms with E-state index in [0.717, 1.165) is 62.4 Å². The molecule has 14 nitrogen and oxygen atoms in total. The molecule has 3 aromatic rings. The van der Waals surface area contributed by atoms with Crippen LogP contribution in [0.15, 0.2) is 96.2 Å². The van der Waals surface area contributed by atoms with Crippen LogP contribution in [0.4, 0.5) is 10.5 Å². The van der Waals surface area contributed by atoms with Crippen LogP contribution in [-0.2, 0) is 20.9 Å². The normalized spacial score (nSPS) is 21.8. The Hall–Kier alpha value is -5.57. The van der Waals surface area contributed by atoms with Gasteiger partial charge in [0.05, 0.1) is 29.8 Å². The minimum Gasteiger partial charge on any atom is -0.459 e. The summed E-state index contributed by atoms with van der Waals surface area (Å²) >= 11 is 0. The molecule has 0 bridgehead atoms. The second-order valence-electron chi connectivity index (χ2n) is 18.7. The second-order valence-corrected chi connectivity index (χ2v) is 18.7. The summed E-state index contributed by atoms with van der Waals surface area (Å²) in [6.45, 7) is 6.78. The van der Waals surface area contributed by atoms with Crippen molar-refractivity contribution in [1.82, 2.24) is 4.90 Å². The molecule has 6 rings (SSSR count). The lowest BCUT2D eigenvalue weighted by Gasteiger charge is -2.59. The fraction of sp³-hybridized carbons (Fsp3) is 0.545. The van der Waals surface area contributed by atoms with Crippen LogP contribution in [0.1, 0.15) is 143 Å². The van der Waals surface area contributed by atoms with Crippen LogP contribution in [0.25, 0.3) is 0 Å². The summed E-state index contributed by atoms with van der Waals surface area (Å²) in [4.78, 5) is 44.7. The molecule has 6 atom stereocenters. The molecule has 374 valence electrons. The molecule has 2 aliphatic carbocycles. The number of nitro benzene ring substituents is 1. The van der Waals surface area contributed by atoms with E-state index in [9.17, 15) is 29.9 Å². The number of unbranched alkanes of at least 4 members (excludes halogenated alkanes) is 11. The van der Waals surface area contributed by atoms with E-state index in [0.29, 0.717) is 46.9 Å². The number of hydrogen-bond donors (Lipinski definition) is 2. The van der Waals surface area contributed by atoms with Crippen molar-refractivity contribution in [3.63, 3.8) is 0 Å². The van der Waals surface area contributed by atoms with Crippen LogP contribution in [-0.4, -0.2) is 83.4 Å². The highest BCUT2D eigenvalue weighted by molar-refractivity contribution is 6.03. The summed E-state index contributed by atoms with van der Waals surface area (Å²) in [5, 5.41) is 36.1. The number of carbonyl (C=O) groups excluding carboxylic acids is 2. The van der Waals surface area contributed by atoms with Gasteiger partial charge in [0.2, 0.25) is 5.79 Å². The van der Waals surface area contributed by atoms with Crippen LogP contribution < -0.4 is 9.47 Å². The van der Waals surface area contributed by atoms with Gasteiger partial charge in [-0.3, -0.25) is 14.9 Å². The third-order valence-corrected chi connectivity index (χ3v) is 13.9. The fourth-order valence-corrected chi connectivity index (χ4v) is 10.5. The van der Waals surface area contributed by atoms with E-state index in [1.165, 1.54) is 57.1 Å². The average molecular weight is 952 g/mol. The third kappa shape index (κ3) is 13.8. The molecule has 0 unspecified atom stereocenters. The van der Waals surface area contributed by atoms with Crippen molar-refractivity contribution in [3.8, 4) is 17.2 Å². The molecule has 1 amide bonds. The zero-order valence-electron chi connectivity index (χ0n) is 40.6. The quantitative estimate of drug-likeness (QED) is 0.0213. The van der Waals surface area contributed by atoms with E-state index in [1.54, 1.807) is 54.4 Å². The van der Waals surface area contributed by atoms with Crippen molar-refractivity contribution < 1.29 is 48.5 Å². The number of rotatable bonds is 30. The van der Waals surface area contributed by atoms with Gasteiger partial charge in [-0.05, 0) is 97.5 Å². The number of ether oxygens (including phenoxy) is 4. The van der Waals surface area contributed by atoms with E-state index < -0.39 is 28.8 Å². The van der Waals surface area contributed by atoms with E-state index in [4.69, 9.17) is 28.9 Å². The summed E-state index contributed by atoms with van der Waals surface area (Å²) in [7, 11) is 1.71. The van der Waals surface area contributed by atoms with Crippen molar-refractivity contribution in [2.75, 3.05) is 33.5 Å². The monoisotopic (exact) mass is 952 g/mol. The number of hydrogen-bond acceptors (Lipinski definition) is 12. The molecule has 0 aromatic heterocycles. The molecule has 1 aliphatic heterocycles. The van der Waals surface area contributed by atoms with Crippen molar-refractivity contribution in [3.05, 3.63) is 118 Å². The fourth-order valence-electron chi connectivity index (χ4n) is 10.5. The Morgan fingerprint density at radius 2 is 1.61 bits per heavy atom. The largest absolute Gasteiger partial charge is 0.459 e. The molecular formula is C55H73N3O11. The van der Waals surface area contributed by atoms with Crippen LogP contribution in [0, 0.1) is 27.9 Å². The van der Waals surface area contributed by atoms with Gasteiger partial charge in [0.1, 0.15) is 36.2 Å². The molecule has 0 saturated heterocycles. The Balaban J connectivity index is 1.40. The first-order valence-electron chi connectivity index (χ1n) is 25.2. The number of amides is 1. The van der Waals surface area contributed by atoms with Gasteiger partial charge in [-0.25, -0.2) is 4.79 Å².